The lowest BCUT2D eigenvalue weighted by Crippen LogP contribution is -2.33. The molecule has 1 aliphatic carbocycles. The van der Waals surface area contributed by atoms with E-state index in [-0.39, 0.29) is 0 Å². The summed E-state index contributed by atoms with van der Waals surface area (Å²) in [5, 5.41) is 33.8. The second-order valence-corrected chi connectivity index (χ2v) is 7.89. The Labute approximate surface area is 161 Å². The Morgan fingerprint density at radius 2 is 2.04 bits per heavy atom. The molecule has 2 heterocycles. The van der Waals surface area contributed by atoms with Crippen molar-refractivity contribution in [2.75, 3.05) is 11.9 Å². The summed E-state index contributed by atoms with van der Waals surface area (Å²) < 4.78 is 7.88. The number of rotatable bonds is 4. The highest BCUT2D eigenvalue weighted by Crippen LogP contribution is 2.42. The number of halogens is 3. The molecule has 0 amide bonds. The Balaban J connectivity index is 1.88. The highest BCUT2D eigenvalue weighted by molar-refractivity contribution is 9.10. The standard InChI is InChI=1S/C15H16BrCl2N3O4/c16-9-10(18)6(17)3-7-11(9)20-15(19-5-1-2-5)21(7)14-13(24)12(23)8(4-22)25-14/h3,5,8,12-14,22-24H,1-2,4H2,(H,19,20)/t8-,12-,13-,14-/m1/s1. The highest BCUT2D eigenvalue weighted by Gasteiger charge is 2.45. The summed E-state index contributed by atoms with van der Waals surface area (Å²) in [6, 6.07) is 1.95. The van der Waals surface area contributed by atoms with E-state index < -0.39 is 31.1 Å². The Hall–Kier alpha value is -0.610. The minimum absolute atomic E-state index is 0.303. The molecule has 4 N–H and O–H groups in total. The quantitative estimate of drug-likeness (QED) is 0.531. The molecular weight excluding hydrogens is 437 g/mol. The zero-order valence-corrected chi connectivity index (χ0v) is 16.0. The van der Waals surface area contributed by atoms with Crippen LogP contribution in [0.15, 0.2) is 10.5 Å². The molecule has 2 aromatic rings. The van der Waals surface area contributed by atoms with Gasteiger partial charge in [0.05, 0.1) is 26.6 Å². The van der Waals surface area contributed by atoms with E-state index in [2.05, 4.69) is 26.2 Å². The molecule has 4 atom stereocenters. The largest absolute Gasteiger partial charge is 0.394 e. The molecule has 1 aromatic carbocycles. The minimum Gasteiger partial charge on any atom is -0.394 e. The summed E-state index contributed by atoms with van der Waals surface area (Å²) in [6.45, 7) is -0.400. The molecule has 136 valence electrons. The smallest absolute Gasteiger partial charge is 0.206 e. The van der Waals surface area contributed by atoms with Crippen molar-refractivity contribution in [1.29, 1.82) is 0 Å². The summed E-state index contributed by atoms with van der Waals surface area (Å²) in [7, 11) is 0. The maximum Gasteiger partial charge on any atom is 0.206 e. The summed E-state index contributed by atoms with van der Waals surface area (Å²) in [5.41, 5.74) is 1.16. The van der Waals surface area contributed by atoms with Gasteiger partial charge in [-0.25, -0.2) is 4.98 Å². The summed E-state index contributed by atoms with van der Waals surface area (Å²) in [4.78, 5) is 4.58. The van der Waals surface area contributed by atoms with Gasteiger partial charge in [-0.1, -0.05) is 23.2 Å². The molecule has 1 aliphatic heterocycles. The number of fused-ring (bicyclic) bond motifs is 1. The van der Waals surface area contributed by atoms with Crippen LogP contribution in [0.25, 0.3) is 11.0 Å². The van der Waals surface area contributed by atoms with Crippen LogP contribution in [0.2, 0.25) is 10.0 Å². The molecule has 2 fully saturated rings. The van der Waals surface area contributed by atoms with Gasteiger partial charge in [-0.15, -0.1) is 0 Å². The SMILES string of the molecule is OC[C@H]1O[C@@H](n2c(NC3CC3)nc3c(Br)c(Cl)c(Cl)cc32)[C@H](O)[C@@H]1O. The van der Waals surface area contributed by atoms with Crippen molar-refractivity contribution in [3.63, 3.8) is 0 Å². The summed E-state index contributed by atoms with van der Waals surface area (Å²) in [5.74, 6) is 0.492. The van der Waals surface area contributed by atoms with E-state index in [0.29, 0.717) is 37.5 Å². The zero-order valence-electron chi connectivity index (χ0n) is 12.9. The average molecular weight is 453 g/mol. The summed E-state index contributed by atoms with van der Waals surface area (Å²) >= 11 is 15.8. The minimum atomic E-state index is -1.22. The molecular formula is C15H16BrCl2N3O4. The number of benzene rings is 1. The Kier molecular flexibility index (Phi) is 4.64. The Bertz CT molecular complexity index is 829. The third kappa shape index (κ3) is 2.93. The van der Waals surface area contributed by atoms with Gasteiger partial charge >= 0.3 is 0 Å². The van der Waals surface area contributed by atoms with Crippen molar-refractivity contribution in [2.45, 2.75) is 43.4 Å². The fourth-order valence-electron chi connectivity index (χ4n) is 3.00. The Morgan fingerprint density at radius 1 is 1.32 bits per heavy atom. The first-order valence-corrected chi connectivity index (χ1v) is 9.41. The van der Waals surface area contributed by atoms with E-state index in [1.54, 1.807) is 10.6 Å². The maximum atomic E-state index is 10.4. The monoisotopic (exact) mass is 451 g/mol. The van der Waals surface area contributed by atoms with Crippen molar-refractivity contribution < 1.29 is 20.1 Å². The lowest BCUT2D eigenvalue weighted by Gasteiger charge is -2.20. The van der Waals surface area contributed by atoms with Crippen LogP contribution in [0.1, 0.15) is 19.1 Å². The third-order valence-electron chi connectivity index (χ3n) is 4.50. The molecule has 1 aromatic heterocycles. The van der Waals surface area contributed by atoms with Gasteiger partial charge in [0.1, 0.15) is 23.8 Å². The van der Waals surface area contributed by atoms with E-state index in [9.17, 15) is 15.3 Å². The van der Waals surface area contributed by atoms with Crippen LogP contribution in [0.4, 0.5) is 5.95 Å². The van der Waals surface area contributed by atoms with E-state index >= 15 is 0 Å². The average Bonchev–Trinajstić information content (AvgIpc) is 3.28. The maximum absolute atomic E-state index is 10.4. The number of aromatic nitrogens is 2. The topological polar surface area (TPSA) is 99.8 Å². The Morgan fingerprint density at radius 3 is 2.64 bits per heavy atom. The van der Waals surface area contributed by atoms with Crippen molar-refractivity contribution in [3.05, 3.63) is 20.6 Å². The van der Waals surface area contributed by atoms with Crippen molar-refractivity contribution in [1.82, 2.24) is 9.55 Å². The van der Waals surface area contributed by atoms with Crippen LogP contribution in [-0.2, 0) is 4.74 Å². The van der Waals surface area contributed by atoms with Crippen LogP contribution in [0.5, 0.6) is 0 Å². The molecule has 0 unspecified atom stereocenters. The lowest BCUT2D eigenvalue weighted by atomic mass is 10.1. The highest BCUT2D eigenvalue weighted by atomic mass is 79.9. The van der Waals surface area contributed by atoms with Crippen LogP contribution in [-0.4, -0.2) is 55.8 Å². The first-order valence-electron chi connectivity index (χ1n) is 7.86. The fourth-order valence-corrected chi connectivity index (χ4v) is 3.96. The van der Waals surface area contributed by atoms with Gasteiger partial charge in [-0.3, -0.25) is 4.57 Å². The van der Waals surface area contributed by atoms with E-state index in [4.69, 9.17) is 27.9 Å². The predicted molar refractivity (Wildman–Crippen MR) is 97.1 cm³/mol. The van der Waals surface area contributed by atoms with Gasteiger partial charge in [-0.05, 0) is 34.8 Å². The normalized spacial score (nSPS) is 29.5. The zero-order chi connectivity index (χ0) is 17.9. The van der Waals surface area contributed by atoms with Gasteiger partial charge in [0.2, 0.25) is 5.95 Å². The third-order valence-corrected chi connectivity index (χ3v) is 6.29. The number of ether oxygens (including phenoxy) is 1. The molecule has 1 saturated carbocycles. The number of anilines is 1. The molecule has 7 nitrogen and oxygen atoms in total. The van der Waals surface area contributed by atoms with Crippen molar-refractivity contribution in [2.24, 2.45) is 0 Å². The van der Waals surface area contributed by atoms with E-state index in [0.717, 1.165) is 12.8 Å². The van der Waals surface area contributed by atoms with Gasteiger partial charge in [0.15, 0.2) is 6.23 Å². The molecule has 25 heavy (non-hydrogen) atoms. The van der Waals surface area contributed by atoms with Gasteiger partial charge in [0, 0.05) is 6.04 Å². The van der Waals surface area contributed by atoms with Crippen molar-refractivity contribution >= 4 is 56.1 Å². The van der Waals surface area contributed by atoms with Gasteiger partial charge < -0.3 is 25.4 Å². The number of aliphatic hydroxyl groups is 3. The summed E-state index contributed by atoms with van der Waals surface area (Å²) in [6.07, 6.45) is -2.15. The molecule has 2 aliphatic rings. The molecule has 10 heteroatoms. The molecule has 0 spiro atoms. The van der Waals surface area contributed by atoms with Crippen LogP contribution < -0.4 is 5.32 Å². The predicted octanol–water partition coefficient (Wildman–Crippen LogP) is 2.29. The van der Waals surface area contributed by atoms with Gasteiger partial charge in [0.25, 0.3) is 0 Å². The van der Waals surface area contributed by atoms with Crippen LogP contribution >= 0.6 is 39.1 Å². The second kappa shape index (κ2) is 6.53. The van der Waals surface area contributed by atoms with E-state index in [1.807, 2.05) is 0 Å². The lowest BCUT2D eigenvalue weighted by molar-refractivity contribution is -0.0499. The number of imidazole rings is 1. The molecule has 0 radical (unpaired) electrons. The second-order valence-electron chi connectivity index (χ2n) is 6.31. The first-order chi connectivity index (χ1) is 11.9. The number of nitrogens with one attached hydrogen (secondary N) is 1. The number of nitrogens with zero attached hydrogens (tertiary/aromatic N) is 2. The molecule has 1 saturated heterocycles. The first kappa shape index (κ1) is 17.8. The van der Waals surface area contributed by atoms with Crippen molar-refractivity contribution in [3.8, 4) is 0 Å². The van der Waals surface area contributed by atoms with Crippen LogP contribution in [0.3, 0.4) is 0 Å². The van der Waals surface area contributed by atoms with Crippen LogP contribution in [0, 0.1) is 0 Å². The number of aliphatic hydroxyl groups excluding tert-OH is 3. The fraction of sp³-hybridized carbons (Fsp3) is 0.533. The van der Waals surface area contributed by atoms with E-state index in [1.165, 1.54) is 0 Å². The number of hydrogen-bond acceptors (Lipinski definition) is 6. The molecule has 0 bridgehead atoms. The van der Waals surface area contributed by atoms with Gasteiger partial charge in [-0.2, -0.15) is 0 Å². The number of hydrogen-bond donors (Lipinski definition) is 4. The molecule has 4 rings (SSSR count).